The van der Waals surface area contributed by atoms with Crippen molar-refractivity contribution >= 4 is 39.2 Å². The highest BCUT2D eigenvalue weighted by Crippen LogP contribution is 2.44. The predicted octanol–water partition coefficient (Wildman–Crippen LogP) is 4.15. The van der Waals surface area contributed by atoms with Crippen LogP contribution in [0.5, 0.6) is 11.5 Å². The zero-order valence-electron chi connectivity index (χ0n) is 21.7. The number of methoxy groups -OCH3 is 2. The Bertz CT molecular complexity index is 1150. The van der Waals surface area contributed by atoms with Gasteiger partial charge in [-0.15, -0.1) is 0 Å². The molecule has 4 rings (SSSR count). The number of anilines is 2. The van der Waals surface area contributed by atoms with Gasteiger partial charge in [0, 0.05) is 35.7 Å². The Hall–Kier alpha value is -2.82. The lowest BCUT2D eigenvalue weighted by molar-refractivity contribution is -0.140. The lowest BCUT2D eigenvalue weighted by Gasteiger charge is -2.43. The van der Waals surface area contributed by atoms with Gasteiger partial charge in [0.15, 0.2) is 0 Å². The Morgan fingerprint density at radius 3 is 2.57 bits per heavy atom. The number of carbonyl (C=O) groups excluding carboxylic acids is 2. The first-order valence-electron chi connectivity index (χ1n) is 12.5. The molecule has 0 spiro atoms. The number of likely N-dealkylation sites (tertiary alicyclic amines) is 1. The summed E-state index contributed by atoms with van der Waals surface area (Å²) in [5.74, 6) is 1.40. The Balaban J connectivity index is 1.62. The van der Waals surface area contributed by atoms with Crippen LogP contribution in [0.4, 0.5) is 16.2 Å². The number of halogens is 1. The molecule has 0 saturated carbocycles. The molecule has 3 N–H and O–H groups in total. The highest BCUT2D eigenvalue weighted by atomic mass is 79.9. The smallest absolute Gasteiger partial charge is 0.329 e. The molecule has 2 aromatic rings. The number of carbonyl (C=O) groups is 2. The van der Waals surface area contributed by atoms with Crippen LogP contribution in [-0.2, 0) is 10.5 Å². The molecule has 2 aromatic carbocycles. The van der Waals surface area contributed by atoms with Crippen molar-refractivity contribution in [1.82, 2.24) is 10.2 Å². The topological polar surface area (TPSA) is 103 Å². The fraction of sp³-hybridized carbons (Fsp3) is 0.481. The van der Waals surface area contributed by atoms with E-state index >= 15 is 0 Å². The summed E-state index contributed by atoms with van der Waals surface area (Å²) < 4.78 is 11.4. The molecule has 0 aliphatic carbocycles. The van der Waals surface area contributed by atoms with Crippen molar-refractivity contribution in [2.45, 2.75) is 32.4 Å². The third-order valence-corrected chi connectivity index (χ3v) is 7.44. The molecule has 37 heavy (non-hydrogen) atoms. The molecule has 0 bridgehead atoms. The largest absolute Gasteiger partial charge is 0.497 e. The van der Waals surface area contributed by atoms with E-state index in [1.807, 2.05) is 0 Å². The van der Waals surface area contributed by atoms with Crippen molar-refractivity contribution < 1.29 is 24.2 Å². The van der Waals surface area contributed by atoms with Crippen LogP contribution in [0.15, 0.2) is 40.9 Å². The Labute approximate surface area is 226 Å². The van der Waals surface area contributed by atoms with E-state index in [1.165, 1.54) is 20.6 Å². The van der Waals surface area contributed by atoms with E-state index in [4.69, 9.17) is 9.47 Å². The van der Waals surface area contributed by atoms with Gasteiger partial charge in [-0.25, -0.2) is 9.69 Å². The molecule has 10 heteroatoms. The quantitative estimate of drug-likeness (QED) is 0.409. The van der Waals surface area contributed by atoms with Crippen LogP contribution < -0.4 is 25.0 Å². The van der Waals surface area contributed by atoms with Crippen LogP contribution in [0.1, 0.15) is 32.3 Å². The fourth-order valence-electron chi connectivity index (χ4n) is 5.43. The SMILES string of the molecule is COc1ccc(N2C(=O)Nc3ccc(Br)cc3[C@]2(O)C(=O)NCCCN2C[C@@H](C)C[C@H](C)C2)c(OC)c1. The number of rotatable bonds is 8. The Kier molecular flexibility index (Phi) is 8.30. The number of ether oxygens (including phenoxy) is 2. The van der Waals surface area contributed by atoms with Crippen molar-refractivity contribution in [1.29, 1.82) is 0 Å². The highest BCUT2D eigenvalue weighted by Gasteiger charge is 2.52. The number of nitrogens with zero attached hydrogens (tertiary/aromatic N) is 2. The summed E-state index contributed by atoms with van der Waals surface area (Å²) in [5.41, 5.74) is -1.50. The molecule has 0 aromatic heterocycles. The number of fused-ring (bicyclic) bond motifs is 1. The normalized spacial score (nSPS) is 23.7. The van der Waals surface area contributed by atoms with Gasteiger partial charge in [0.1, 0.15) is 11.5 Å². The second-order valence-corrected chi connectivity index (χ2v) is 10.9. The molecule has 1 fully saturated rings. The van der Waals surface area contributed by atoms with Gasteiger partial charge in [-0.2, -0.15) is 0 Å². The van der Waals surface area contributed by atoms with Crippen molar-refractivity contribution in [2.75, 3.05) is 50.6 Å². The van der Waals surface area contributed by atoms with Crippen molar-refractivity contribution in [3.05, 3.63) is 46.4 Å². The highest BCUT2D eigenvalue weighted by molar-refractivity contribution is 9.10. The summed E-state index contributed by atoms with van der Waals surface area (Å²) in [5, 5.41) is 17.8. The number of piperidine rings is 1. The van der Waals surface area contributed by atoms with Crippen LogP contribution in [0, 0.1) is 11.8 Å². The Morgan fingerprint density at radius 1 is 1.16 bits per heavy atom. The van der Waals surface area contributed by atoms with E-state index < -0.39 is 17.7 Å². The number of urea groups is 1. The predicted molar refractivity (Wildman–Crippen MR) is 146 cm³/mol. The molecule has 2 aliphatic heterocycles. The molecular weight excluding hydrogens is 540 g/mol. The zero-order chi connectivity index (χ0) is 26.7. The first kappa shape index (κ1) is 27.2. The van der Waals surface area contributed by atoms with Crippen LogP contribution in [0.2, 0.25) is 0 Å². The van der Waals surface area contributed by atoms with Crippen LogP contribution in [0.3, 0.4) is 0 Å². The maximum absolute atomic E-state index is 13.7. The molecule has 0 radical (unpaired) electrons. The van der Waals surface area contributed by atoms with Crippen LogP contribution in [0.25, 0.3) is 0 Å². The van der Waals surface area contributed by atoms with Gasteiger partial charge in [-0.1, -0.05) is 29.8 Å². The summed E-state index contributed by atoms with van der Waals surface area (Å²) in [6.07, 6.45) is 1.96. The maximum Gasteiger partial charge on any atom is 0.329 e. The minimum atomic E-state index is -2.32. The van der Waals surface area contributed by atoms with Crippen LogP contribution >= 0.6 is 15.9 Å². The molecule has 9 nitrogen and oxygen atoms in total. The standard InChI is InChI=1S/C27H35BrN4O5/c1-17-12-18(2)16-31(15-17)11-5-10-29-25(33)27(35)21-13-19(28)6-8-22(21)30-26(34)32(27)23-9-7-20(36-3)14-24(23)37-4/h6-9,13-14,17-18,35H,5,10-12,15-16H2,1-4H3,(H,29,33)(H,30,34)/t17-,18-,27-/m0/s1. The minimum Gasteiger partial charge on any atom is -0.497 e. The average Bonchev–Trinajstić information content (AvgIpc) is 2.86. The number of benzene rings is 2. The van der Waals surface area contributed by atoms with E-state index in [0.717, 1.165) is 31.0 Å². The fourth-order valence-corrected chi connectivity index (χ4v) is 5.79. The van der Waals surface area contributed by atoms with Crippen molar-refractivity contribution in [3.63, 3.8) is 0 Å². The molecule has 1 saturated heterocycles. The molecule has 2 heterocycles. The monoisotopic (exact) mass is 574 g/mol. The van der Waals surface area contributed by atoms with Gasteiger partial charge in [0.25, 0.3) is 11.6 Å². The van der Waals surface area contributed by atoms with E-state index in [1.54, 1.807) is 36.4 Å². The molecule has 2 aliphatic rings. The minimum absolute atomic E-state index is 0.223. The van der Waals surface area contributed by atoms with E-state index in [-0.39, 0.29) is 17.0 Å². The van der Waals surface area contributed by atoms with Gasteiger partial charge >= 0.3 is 6.03 Å². The summed E-state index contributed by atoms with van der Waals surface area (Å²) in [7, 11) is 2.97. The van der Waals surface area contributed by atoms with Gasteiger partial charge in [-0.05, 0) is 61.6 Å². The van der Waals surface area contributed by atoms with E-state index in [9.17, 15) is 14.7 Å². The third kappa shape index (κ3) is 5.56. The summed E-state index contributed by atoms with van der Waals surface area (Å²) in [6.45, 7) is 7.85. The second kappa shape index (κ2) is 11.3. The number of hydrogen-bond donors (Lipinski definition) is 3. The summed E-state index contributed by atoms with van der Waals surface area (Å²) in [6, 6.07) is 9.18. The number of hydrogen-bond acceptors (Lipinski definition) is 6. The zero-order valence-corrected chi connectivity index (χ0v) is 23.3. The number of nitrogens with one attached hydrogen (secondary N) is 2. The van der Waals surface area contributed by atoms with Crippen molar-refractivity contribution in [3.8, 4) is 11.5 Å². The lowest BCUT2D eigenvalue weighted by atomic mass is 9.92. The third-order valence-electron chi connectivity index (χ3n) is 6.95. The second-order valence-electron chi connectivity index (χ2n) is 9.98. The average molecular weight is 576 g/mol. The number of amides is 3. The summed E-state index contributed by atoms with van der Waals surface area (Å²) >= 11 is 3.43. The first-order chi connectivity index (χ1) is 17.7. The molecular formula is C27H35BrN4O5. The van der Waals surface area contributed by atoms with Crippen molar-refractivity contribution in [2.24, 2.45) is 11.8 Å². The van der Waals surface area contributed by atoms with Gasteiger partial charge in [-0.3, -0.25) is 4.79 Å². The molecule has 200 valence electrons. The van der Waals surface area contributed by atoms with Gasteiger partial charge in [0.2, 0.25) is 0 Å². The molecule has 3 amide bonds. The van der Waals surface area contributed by atoms with E-state index in [0.29, 0.717) is 34.3 Å². The molecule has 0 unspecified atom stereocenters. The maximum atomic E-state index is 13.7. The lowest BCUT2D eigenvalue weighted by Crippen LogP contribution is -2.62. The summed E-state index contributed by atoms with van der Waals surface area (Å²) in [4.78, 5) is 30.5. The van der Waals surface area contributed by atoms with E-state index in [2.05, 4.69) is 45.3 Å². The van der Waals surface area contributed by atoms with Crippen LogP contribution in [-0.4, -0.2) is 62.3 Å². The van der Waals surface area contributed by atoms with Gasteiger partial charge < -0.3 is 30.1 Å². The first-order valence-corrected chi connectivity index (χ1v) is 13.3. The molecule has 3 atom stereocenters. The number of aliphatic hydroxyl groups is 1. The Morgan fingerprint density at radius 2 is 1.89 bits per heavy atom. The van der Waals surface area contributed by atoms with Gasteiger partial charge in [0.05, 0.1) is 25.6 Å².